The summed E-state index contributed by atoms with van der Waals surface area (Å²) in [6.45, 7) is 1.98. The SMILES string of the molecule is COc1cc2nccc(Oc3ccc4c(C(=O)Nc5cccc(C)c5)coc4c3)c2cc1OC. The monoisotopic (exact) mass is 454 g/mol. The predicted molar refractivity (Wildman–Crippen MR) is 130 cm³/mol. The van der Waals surface area contributed by atoms with Gasteiger partial charge in [0.1, 0.15) is 23.3 Å². The first kappa shape index (κ1) is 21.3. The topological polar surface area (TPSA) is 82.8 Å². The highest BCUT2D eigenvalue weighted by atomic mass is 16.5. The molecule has 5 aromatic rings. The van der Waals surface area contributed by atoms with Crippen molar-refractivity contribution < 1.29 is 23.4 Å². The van der Waals surface area contributed by atoms with Gasteiger partial charge in [-0.1, -0.05) is 12.1 Å². The van der Waals surface area contributed by atoms with E-state index in [1.165, 1.54) is 6.26 Å². The molecule has 0 saturated heterocycles. The van der Waals surface area contributed by atoms with Gasteiger partial charge in [-0.2, -0.15) is 0 Å². The molecule has 0 aliphatic carbocycles. The van der Waals surface area contributed by atoms with Gasteiger partial charge in [0, 0.05) is 34.8 Å². The van der Waals surface area contributed by atoms with Gasteiger partial charge in [0.2, 0.25) is 0 Å². The molecule has 0 aliphatic heterocycles. The minimum atomic E-state index is -0.237. The van der Waals surface area contributed by atoms with Crippen molar-refractivity contribution >= 4 is 33.5 Å². The standard InChI is InChI=1S/C27H22N2O5/c1-16-5-4-6-17(11-16)29-27(30)21-15-33-24-12-18(7-8-19(21)24)34-23-9-10-28-22-14-26(32-3)25(31-2)13-20(22)23/h4-15H,1-3H3,(H,29,30). The van der Waals surface area contributed by atoms with E-state index in [9.17, 15) is 4.79 Å². The quantitative estimate of drug-likeness (QED) is 0.322. The number of fused-ring (bicyclic) bond motifs is 2. The summed E-state index contributed by atoms with van der Waals surface area (Å²) in [6, 6.07) is 18.4. The van der Waals surface area contributed by atoms with E-state index in [4.69, 9.17) is 18.6 Å². The molecule has 2 heterocycles. The molecule has 170 valence electrons. The number of anilines is 1. The lowest BCUT2D eigenvalue weighted by Crippen LogP contribution is -2.11. The number of rotatable bonds is 6. The number of amides is 1. The van der Waals surface area contributed by atoms with Crippen molar-refractivity contribution in [3.05, 3.63) is 84.3 Å². The predicted octanol–water partition coefficient (Wildman–Crippen LogP) is 6.35. The highest BCUT2D eigenvalue weighted by Crippen LogP contribution is 2.37. The van der Waals surface area contributed by atoms with E-state index in [0.29, 0.717) is 45.0 Å². The molecular weight excluding hydrogens is 432 g/mol. The highest BCUT2D eigenvalue weighted by molar-refractivity contribution is 6.12. The van der Waals surface area contributed by atoms with Crippen LogP contribution in [-0.4, -0.2) is 25.1 Å². The zero-order valence-corrected chi connectivity index (χ0v) is 18.9. The molecule has 7 nitrogen and oxygen atoms in total. The van der Waals surface area contributed by atoms with Crippen molar-refractivity contribution in [2.45, 2.75) is 6.92 Å². The van der Waals surface area contributed by atoms with Crippen LogP contribution in [0.5, 0.6) is 23.0 Å². The van der Waals surface area contributed by atoms with Crippen molar-refractivity contribution in [2.24, 2.45) is 0 Å². The van der Waals surface area contributed by atoms with E-state index in [1.807, 2.05) is 43.3 Å². The molecule has 34 heavy (non-hydrogen) atoms. The lowest BCUT2D eigenvalue weighted by Gasteiger charge is -2.12. The van der Waals surface area contributed by atoms with Gasteiger partial charge in [0.25, 0.3) is 5.91 Å². The average molecular weight is 454 g/mol. The molecule has 0 spiro atoms. The van der Waals surface area contributed by atoms with Crippen LogP contribution < -0.4 is 19.5 Å². The second-order valence-electron chi connectivity index (χ2n) is 7.77. The number of furan rings is 1. The number of hydrogen-bond donors (Lipinski definition) is 1. The molecule has 0 unspecified atom stereocenters. The number of ether oxygens (including phenoxy) is 3. The number of methoxy groups -OCH3 is 2. The fourth-order valence-corrected chi connectivity index (χ4v) is 3.83. The zero-order valence-electron chi connectivity index (χ0n) is 18.9. The summed E-state index contributed by atoms with van der Waals surface area (Å²) in [5, 5.41) is 4.39. The first-order chi connectivity index (χ1) is 16.6. The number of carbonyl (C=O) groups is 1. The molecule has 0 bridgehead atoms. The minimum absolute atomic E-state index is 0.237. The number of benzene rings is 3. The molecule has 5 rings (SSSR count). The van der Waals surface area contributed by atoms with Crippen LogP contribution in [0.3, 0.4) is 0 Å². The highest BCUT2D eigenvalue weighted by Gasteiger charge is 2.16. The fraction of sp³-hybridized carbons (Fsp3) is 0.111. The number of nitrogens with zero attached hydrogens (tertiary/aromatic N) is 1. The molecule has 0 fully saturated rings. The lowest BCUT2D eigenvalue weighted by atomic mass is 10.1. The second-order valence-corrected chi connectivity index (χ2v) is 7.77. The Kier molecular flexibility index (Phi) is 5.51. The van der Waals surface area contributed by atoms with Crippen molar-refractivity contribution in [2.75, 3.05) is 19.5 Å². The summed E-state index contributed by atoms with van der Waals surface area (Å²) in [5.41, 5.74) is 3.51. The van der Waals surface area contributed by atoms with Gasteiger partial charge in [0.05, 0.1) is 25.3 Å². The summed E-state index contributed by atoms with van der Waals surface area (Å²) in [4.78, 5) is 17.2. The van der Waals surface area contributed by atoms with Gasteiger partial charge in [0.15, 0.2) is 11.5 Å². The van der Waals surface area contributed by atoms with E-state index in [-0.39, 0.29) is 5.91 Å². The van der Waals surface area contributed by atoms with E-state index >= 15 is 0 Å². The summed E-state index contributed by atoms with van der Waals surface area (Å²) in [5.74, 6) is 2.11. The van der Waals surface area contributed by atoms with Gasteiger partial charge in [-0.3, -0.25) is 9.78 Å². The smallest absolute Gasteiger partial charge is 0.259 e. The van der Waals surface area contributed by atoms with Gasteiger partial charge < -0.3 is 23.9 Å². The summed E-state index contributed by atoms with van der Waals surface area (Å²) in [6.07, 6.45) is 3.13. The van der Waals surface area contributed by atoms with Gasteiger partial charge in [-0.25, -0.2) is 0 Å². The third-order valence-corrected chi connectivity index (χ3v) is 5.50. The molecular formula is C27H22N2O5. The average Bonchev–Trinajstić information content (AvgIpc) is 3.27. The summed E-state index contributed by atoms with van der Waals surface area (Å²) in [7, 11) is 3.16. The molecule has 3 aromatic carbocycles. The van der Waals surface area contributed by atoms with Crippen molar-refractivity contribution in [1.29, 1.82) is 0 Å². The maximum absolute atomic E-state index is 12.8. The van der Waals surface area contributed by atoms with Gasteiger partial charge in [-0.15, -0.1) is 0 Å². The third kappa shape index (κ3) is 3.99. The first-order valence-electron chi connectivity index (χ1n) is 10.6. The van der Waals surface area contributed by atoms with Crippen LogP contribution in [0.2, 0.25) is 0 Å². The van der Waals surface area contributed by atoms with E-state index in [0.717, 1.165) is 16.6 Å². The summed E-state index contributed by atoms with van der Waals surface area (Å²) < 4.78 is 22.6. The Labute approximate surface area is 195 Å². The van der Waals surface area contributed by atoms with Crippen LogP contribution in [-0.2, 0) is 0 Å². The normalized spacial score (nSPS) is 10.9. The zero-order chi connectivity index (χ0) is 23.7. The number of carbonyl (C=O) groups excluding carboxylic acids is 1. The molecule has 1 amide bonds. The fourth-order valence-electron chi connectivity index (χ4n) is 3.83. The Morgan fingerprint density at radius 3 is 2.53 bits per heavy atom. The molecule has 1 N–H and O–H groups in total. The number of nitrogens with one attached hydrogen (secondary N) is 1. The van der Waals surface area contributed by atoms with Crippen molar-refractivity contribution in [3.63, 3.8) is 0 Å². The van der Waals surface area contributed by atoms with E-state index < -0.39 is 0 Å². The Morgan fingerprint density at radius 2 is 1.74 bits per heavy atom. The second kappa shape index (κ2) is 8.78. The Bertz CT molecular complexity index is 1520. The first-order valence-corrected chi connectivity index (χ1v) is 10.6. The molecule has 7 heteroatoms. The van der Waals surface area contributed by atoms with Crippen molar-refractivity contribution in [1.82, 2.24) is 4.98 Å². The number of aryl methyl sites for hydroxylation is 1. The number of pyridine rings is 1. The maximum atomic E-state index is 12.8. The van der Waals surface area contributed by atoms with E-state index in [1.54, 1.807) is 44.7 Å². The van der Waals surface area contributed by atoms with Crippen LogP contribution in [0, 0.1) is 6.92 Å². The largest absolute Gasteiger partial charge is 0.493 e. The minimum Gasteiger partial charge on any atom is -0.493 e. The third-order valence-electron chi connectivity index (χ3n) is 5.50. The maximum Gasteiger partial charge on any atom is 0.259 e. The van der Waals surface area contributed by atoms with Crippen LogP contribution in [0.1, 0.15) is 15.9 Å². The van der Waals surface area contributed by atoms with Crippen LogP contribution in [0.15, 0.2) is 77.5 Å². The number of hydrogen-bond acceptors (Lipinski definition) is 6. The van der Waals surface area contributed by atoms with Gasteiger partial charge >= 0.3 is 0 Å². The Hall–Kier alpha value is -4.52. The Morgan fingerprint density at radius 1 is 0.912 bits per heavy atom. The van der Waals surface area contributed by atoms with E-state index in [2.05, 4.69) is 10.3 Å². The lowest BCUT2D eigenvalue weighted by molar-refractivity contribution is 0.102. The number of aromatic nitrogens is 1. The van der Waals surface area contributed by atoms with Crippen LogP contribution in [0.25, 0.3) is 21.9 Å². The molecule has 0 atom stereocenters. The summed E-state index contributed by atoms with van der Waals surface area (Å²) >= 11 is 0. The van der Waals surface area contributed by atoms with Crippen molar-refractivity contribution in [3.8, 4) is 23.0 Å². The molecule has 0 radical (unpaired) electrons. The molecule has 0 aliphatic rings. The Balaban J connectivity index is 1.44. The van der Waals surface area contributed by atoms with Gasteiger partial charge in [-0.05, 0) is 48.9 Å². The molecule has 0 saturated carbocycles. The van der Waals surface area contributed by atoms with Crippen LogP contribution in [0.4, 0.5) is 5.69 Å². The van der Waals surface area contributed by atoms with Crippen LogP contribution >= 0.6 is 0 Å². The molecule has 2 aromatic heterocycles.